The standard InChI is InChI=1S/C9H11N3O/c1-9(2,3)13-8-4-5-11-7(6-10)12-8/h4-5H,1-3H3. The van der Waals surface area contributed by atoms with Crippen molar-refractivity contribution >= 4 is 0 Å². The molecule has 0 aromatic carbocycles. The Morgan fingerprint density at radius 1 is 1.46 bits per heavy atom. The van der Waals surface area contributed by atoms with Crippen LogP contribution >= 0.6 is 0 Å². The smallest absolute Gasteiger partial charge is 0.235 e. The minimum absolute atomic E-state index is 0.127. The Hall–Kier alpha value is -1.63. The molecule has 13 heavy (non-hydrogen) atoms. The van der Waals surface area contributed by atoms with Crippen LogP contribution < -0.4 is 4.74 Å². The van der Waals surface area contributed by atoms with E-state index in [-0.39, 0.29) is 11.4 Å². The molecule has 1 aromatic heterocycles. The lowest BCUT2D eigenvalue weighted by Gasteiger charge is -2.19. The molecule has 1 heterocycles. The zero-order valence-electron chi connectivity index (χ0n) is 7.90. The predicted octanol–water partition coefficient (Wildman–Crippen LogP) is 1.53. The van der Waals surface area contributed by atoms with Crippen LogP contribution in [-0.4, -0.2) is 15.6 Å². The molecule has 0 bridgehead atoms. The lowest BCUT2D eigenvalue weighted by atomic mass is 10.2. The predicted molar refractivity (Wildman–Crippen MR) is 47.1 cm³/mol. The second-order valence-corrected chi connectivity index (χ2v) is 3.54. The SMILES string of the molecule is CC(C)(C)Oc1ccnc(C#N)n1. The summed E-state index contributed by atoms with van der Waals surface area (Å²) >= 11 is 0. The maximum Gasteiger partial charge on any atom is 0.235 e. The van der Waals surface area contributed by atoms with Gasteiger partial charge in [0.2, 0.25) is 11.7 Å². The van der Waals surface area contributed by atoms with Gasteiger partial charge in [-0.05, 0) is 20.8 Å². The maximum absolute atomic E-state index is 8.53. The van der Waals surface area contributed by atoms with Crippen LogP contribution in [0.2, 0.25) is 0 Å². The van der Waals surface area contributed by atoms with Crippen LogP contribution in [0, 0.1) is 11.3 Å². The highest BCUT2D eigenvalue weighted by Gasteiger charge is 2.12. The normalized spacial score (nSPS) is 10.6. The highest BCUT2D eigenvalue weighted by Crippen LogP contribution is 2.13. The second-order valence-electron chi connectivity index (χ2n) is 3.54. The Morgan fingerprint density at radius 2 is 2.15 bits per heavy atom. The fourth-order valence-electron chi connectivity index (χ4n) is 0.767. The second kappa shape index (κ2) is 3.40. The Bertz CT molecular complexity index is 335. The van der Waals surface area contributed by atoms with Crippen LogP contribution in [0.5, 0.6) is 5.88 Å². The molecule has 68 valence electrons. The first-order valence-electron chi connectivity index (χ1n) is 3.93. The molecule has 0 aliphatic carbocycles. The molecule has 0 atom stereocenters. The van der Waals surface area contributed by atoms with Crippen molar-refractivity contribution in [2.75, 3.05) is 0 Å². The summed E-state index contributed by atoms with van der Waals surface area (Å²) in [5.41, 5.74) is -0.304. The number of nitriles is 1. The molecule has 0 spiro atoms. The molecule has 4 nitrogen and oxygen atoms in total. The maximum atomic E-state index is 8.53. The van der Waals surface area contributed by atoms with Gasteiger partial charge < -0.3 is 4.74 Å². The summed E-state index contributed by atoms with van der Waals surface area (Å²) in [7, 11) is 0. The van der Waals surface area contributed by atoms with Gasteiger partial charge in [0.15, 0.2) is 0 Å². The summed E-state index contributed by atoms with van der Waals surface area (Å²) in [5.74, 6) is 0.556. The third-order valence-electron chi connectivity index (χ3n) is 1.14. The number of ether oxygens (including phenoxy) is 1. The molecular weight excluding hydrogens is 166 g/mol. The van der Waals surface area contributed by atoms with E-state index in [9.17, 15) is 0 Å². The van der Waals surface area contributed by atoms with E-state index in [0.717, 1.165) is 0 Å². The molecule has 0 saturated carbocycles. The molecule has 1 aromatic rings. The first kappa shape index (κ1) is 9.46. The zero-order chi connectivity index (χ0) is 9.90. The number of hydrogen-bond donors (Lipinski definition) is 0. The van der Waals surface area contributed by atoms with Crippen LogP contribution in [0.1, 0.15) is 26.6 Å². The van der Waals surface area contributed by atoms with E-state index in [1.807, 2.05) is 26.8 Å². The summed E-state index contributed by atoms with van der Waals surface area (Å²) in [6, 6.07) is 3.48. The molecular formula is C9H11N3O. The van der Waals surface area contributed by atoms with E-state index in [1.54, 1.807) is 6.07 Å². The van der Waals surface area contributed by atoms with Crippen molar-refractivity contribution in [1.29, 1.82) is 5.26 Å². The highest BCUT2D eigenvalue weighted by molar-refractivity contribution is 5.16. The van der Waals surface area contributed by atoms with Gasteiger partial charge in [0.1, 0.15) is 11.7 Å². The third kappa shape index (κ3) is 3.08. The average Bonchev–Trinajstić information content (AvgIpc) is 2.01. The van der Waals surface area contributed by atoms with Crippen LogP contribution in [-0.2, 0) is 0 Å². The van der Waals surface area contributed by atoms with E-state index in [1.165, 1.54) is 6.20 Å². The molecule has 0 unspecified atom stereocenters. The number of rotatable bonds is 1. The first-order valence-corrected chi connectivity index (χ1v) is 3.93. The first-order chi connectivity index (χ1) is 6.01. The van der Waals surface area contributed by atoms with Gasteiger partial charge in [-0.15, -0.1) is 0 Å². The van der Waals surface area contributed by atoms with E-state index >= 15 is 0 Å². The van der Waals surface area contributed by atoms with Crippen molar-refractivity contribution in [3.8, 4) is 11.9 Å². The summed E-state index contributed by atoms with van der Waals surface area (Å²) in [6.07, 6.45) is 1.51. The molecule has 4 heteroatoms. The van der Waals surface area contributed by atoms with Gasteiger partial charge in [0.25, 0.3) is 0 Å². The van der Waals surface area contributed by atoms with Gasteiger partial charge in [-0.25, -0.2) is 4.98 Å². The molecule has 0 radical (unpaired) electrons. The van der Waals surface area contributed by atoms with Gasteiger partial charge >= 0.3 is 0 Å². The molecule has 0 aliphatic heterocycles. The van der Waals surface area contributed by atoms with Gasteiger partial charge in [-0.2, -0.15) is 10.2 Å². The van der Waals surface area contributed by atoms with Gasteiger partial charge in [0, 0.05) is 12.3 Å². The van der Waals surface area contributed by atoms with Crippen molar-refractivity contribution in [1.82, 2.24) is 9.97 Å². The summed E-state index contributed by atoms with van der Waals surface area (Å²) in [5, 5.41) is 8.53. The third-order valence-corrected chi connectivity index (χ3v) is 1.14. The van der Waals surface area contributed by atoms with Gasteiger partial charge in [-0.1, -0.05) is 0 Å². The van der Waals surface area contributed by atoms with E-state index in [4.69, 9.17) is 10.00 Å². The summed E-state index contributed by atoms with van der Waals surface area (Å²) < 4.78 is 5.44. The molecule has 0 N–H and O–H groups in total. The number of aromatic nitrogens is 2. The molecule has 0 saturated heterocycles. The summed E-state index contributed by atoms with van der Waals surface area (Å²) in [6.45, 7) is 5.75. The Kier molecular flexibility index (Phi) is 2.47. The Labute approximate surface area is 77.2 Å². The largest absolute Gasteiger partial charge is 0.472 e. The minimum atomic E-state index is -0.304. The van der Waals surface area contributed by atoms with E-state index in [0.29, 0.717) is 5.88 Å². The lowest BCUT2D eigenvalue weighted by Crippen LogP contribution is -2.23. The van der Waals surface area contributed by atoms with Crippen molar-refractivity contribution in [3.05, 3.63) is 18.1 Å². The molecule has 1 rings (SSSR count). The van der Waals surface area contributed by atoms with Crippen LogP contribution in [0.15, 0.2) is 12.3 Å². The fraction of sp³-hybridized carbons (Fsp3) is 0.444. The van der Waals surface area contributed by atoms with Crippen LogP contribution in [0.4, 0.5) is 0 Å². The van der Waals surface area contributed by atoms with Crippen molar-refractivity contribution in [2.24, 2.45) is 0 Å². The van der Waals surface area contributed by atoms with Crippen LogP contribution in [0.25, 0.3) is 0 Å². The van der Waals surface area contributed by atoms with E-state index in [2.05, 4.69) is 9.97 Å². The van der Waals surface area contributed by atoms with Crippen LogP contribution in [0.3, 0.4) is 0 Å². The van der Waals surface area contributed by atoms with Crippen molar-refractivity contribution in [2.45, 2.75) is 26.4 Å². The van der Waals surface area contributed by atoms with Gasteiger partial charge in [0.05, 0.1) is 0 Å². The van der Waals surface area contributed by atoms with E-state index < -0.39 is 0 Å². The van der Waals surface area contributed by atoms with Crippen molar-refractivity contribution < 1.29 is 4.74 Å². The quantitative estimate of drug-likeness (QED) is 0.652. The minimum Gasteiger partial charge on any atom is -0.472 e. The zero-order valence-corrected chi connectivity index (χ0v) is 7.90. The molecule has 0 fully saturated rings. The topological polar surface area (TPSA) is 58.8 Å². The average molecular weight is 177 g/mol. The highest BCUT2D eigenvalue weighted by atomic mass is 16.5. The Balaban J connectivity index is 2.86. The number of hydrogen-bond acceptors (Lipinski definition) is 4. The van der Waals surface area contributed by atoms with Gasteiger partial charge in [-0.3, -0.25) is 0 Å². The molecule has 0 amide bonds. The number of nitrogens with zero attached hydrogens (tertiary/aromatic N) is 3. The fourth-order valence-corrected chi connectivity index (χ4v) is 0.767. The summed E-state index contributed by atoms with van der Waals surface area (Å²) in [4.78, 5) is 7.62. The van der Waals surface area contributed by atoms with Crippen molar-refractivity contribution in [3.63, 3.8) is 0 Å². The Morgan fingerprint density at radius 3 is 2.69 bits per heavy atom. The lowest BCUT2D eigenvalue weighted by molar-refractivity contribution is 0.124. The monoisotopic (exact) mass is 177 g/mol. The molecule has 0 aliphatic rings.